The quantitative estimate of drug-likeness (QED) is 0.507. The summed E-state index contributed by atoms with van der Waals surface area (Å²) in [5.74, 6) is -0.670. The number of amides is 2. The average Bonchev–Trinajstić information content (AvgIpc) is 2.39. The Morgan fingerprint density at radius 3 is 1.82 bits per heavy atom. The molecular weight excluding hydrogens is 220 g/mol. The number of piperazine rings is 2. The van der Waals surface area contributed by atoms with Crippen molar-refractivity contribution < 1.29 is 9.59 Å². The molecule has 0 radical (unpaired) electrons. The summed E-state index contributed by atoms with van der Waals surface area (Å²) < 4.78 is 0. The van der Waals surface area contributed by atoms with Crippen LogP contribution < -0.4 is 5.32 Å². The van der Waals surface area contributed by atoms with Gasteiger partial charge in [0.25, 0.3) is 0 Å². The van der Waals surface area contributed by atoms with Crippen LogP contribution in [0.4, 0.5) is 0 Å². The summed E-state index contributed by atoms with van der Waals surface area (Å²) in [5, 5.41) is 3.17. The van der Waals surface area contributed by atoms with Crippen LogP contribution in [0.1, 0.15) is 0 Å². The van der Waals surface area contributed by atoms with Gasteiger partial charge in [0.05, 0.1) is 0 Å². The Kier molecular flexibility index (Phi) is 3.96. The minimum atomic E-state index is -0.337. The van der Waals surface area contributed by atoms with Crippen LogP contribution in [0.25, 0.3) is 0 Å². The summed E-state index contributed by atoms with van der Waals surface area (Å²) >= 11 is 0. The van der Waals surface area contributed by atoms with E-state index in [1.165, 1.54) is 0 Å². The normalized spacial score (nSPS) is 22.6. The predicted octanol–water partition coefficient (Wildman–Crippen LogP) is -1.81. The van der Waals surface area contributed by atoms with Crippen molar-refractivity contribution in [2.24, 2.45) is 0 Å². The Morgan fingerprint density at radius 2 is 1.29 bits per heavy atom. The van der Waals surface area contributed by atoms with Crippen molar-refractivity contribution in [3.63, 3.8) is 0 Å². The molecule has 6 nitrogen and oxygen atoms in total. The number of carbonyl (C=O) groups is 2. The second kappa shape index (κ2) is 5.46. The largest absolute Gasteiger partial charge is 0.332 e. The van der Waals surface area contributed by atoms with Crippen molar-refractivity contribution in [3.8, 4) is 0 Å². The third-order valence-electron chi connectivity index (χ3n) is 3.38. The summed E-state index contributed by atoms with van der Waals surface area (Å²) in [4.78, 5) is 29.5. The SMILES string of the molecule is CN1CCN(C(=O)C(=O)N2CCNCC2)CC1. The van der Waals surface area contributed by atoms with Gasteiger partial charge in [-0.1, -0.05) is 0 Å². The molecule has 0 saturated carbocycles. The average molecular weight is 240 g/mol. The van der Waals surface area contributed by atoms with Gasteiger partial charge in [-0.25, -0.2) is 0 Å². The van der Waals surface area contributed by atoms with Crippen LogP contribution in [-0.2, 0) is 9.59 Å². The molecule has 0 aromatic carbocycles. The molecule has 0 aromatic heterocycles. The Morgan fingerprint density at radius 1 is 0.824 bits per heavy atom. The number of hydrogen-bond acceptors (Lipinski definition) is 4. The minimum absolute atomic E-state index is 0.333. The molecule has 0 aliphatic carbocycles. The van der Waals surface area contributed by atoms with Crippen molar-refractivity contribution in [1.29, 1.82) is 0 Å². The molecule has 2 saturated heterocycles. The lowest BCUT2D eigenvalue weighted by molar-refractivity contribution is -0.153. The van der Waals surface area contributed by atoms with Gasteiger partial charge in [-0.2, -0.15) is 0 Å². The highest BCUT2D eigenvalue weighted by Gasteiger charge is 2.29. The van der Waals surface area contributed by atoms with Gasteiger partial charge in [0.1, 0.15) is 0 Å². The minimum Gasteiger partial charge on any atom is -0.332 e. The number of likely N-dealkylation sites (N-methyl/N-ethyl adjacent to an activating group) is 1. The van der Waals surface area contributed by atoms with E-state index < -0.39 is 0 Å². The molecule has 96 valence electrons. The van der Waals surface area contributed by atoms with E-state index in [0.29, 0.717) is 26.2 Å². The Hall–Kier alpha value is -1.14. The predicted molar refractivity (Wildman–Crippen MR) is 63.5 cm³/mol. The van der Waals surface area contributed by atoms with Gasteiger partial charge in [-0.3, -0.25) is 9.59 Å². The summed E-state index contributed by atoms with van der Waals surface area (Å²) in [6, 6.07) is 0. The maximum atomic E-state index is 12.0. The van der Waals surface area contributed by atoms with E-state index in [1.54, 1.807) is 9.80 Å². The van der Waals surface area contributed by atoms with Crippen LogP contribution in [0, 0.1) is 0 Å². The fraction of sp³-hybridized carbons (Fsp3) is 0.818. The van der Waals surface area contributed by atoms with Crippen molar-refractivity contribution in [2.45, 2.75) is 0 Å². The molecule has 6 heteroatoms. The molecule has 0 spiro atoms. The van der Waals surface area contributed by atoms with Gasteiger partial charge in [0.15, 0.2) is 0 Å². The van der Waals surface area contributed by atoms with Gasteiger partial charge in [-0.05, 0) is 7.05 Å². The summed E-state index contributed by atoms with van der Waals surface area (Å²) in [5.41, 5.74) is 0. The monoisotopic (exact) mass is 240 g/mol. The number of rotatable bonds is 0. The molecular formula is C11H20N4O2. The zero-order chi connectivity index (χ0) is 12.3. The van der Waals surface area contributed by atoms with Crippen molar-refractivity contribution in [1.82, 2.24) is 20.0 Å². The second-order valence-corrected chi connectivity index (χ2v) is 4.64. The first kappa shape index (κ1) is 12.3. The molecule has 17 heavy (non-hydrogen) atoms. The first-order valence-electron chi connectivity index (χ1n) is 6.16. The van der Waals surface area contributed by atoms with Gasteiger partial charge in [-0.15, -0.1) is 0 Å². The Balaban J connectivity index is 1.88. The topological polar surface area (TPSA) is 55.9 Å². The Labute approximate surface area is 102 Å². The van der Waals surface area contributed by atoms with Gasteiger partial charge >= 0.3 is 11.8 Å². The highest BCUT2D eigenvalue weighted by molar-refractivity contribution is 6.34. The maximum Gasteiger partial charge on any atom is 0.312 e. The van der Waals surface area contributed by atoms with Gasteiger partial charge in [0.2, 0.25) is 0 Å². The van der Waals surface area contributed by atoms with Crippen molar-refractivity contribution in [2.75, 3.05) is 59.4 Å². The summed E-state index contributed by atoms with van der Waals surface area (Å²) in [6.45, 7) is 5.85. The van der Waals surface area contributed by atoms with Crippen molar-refractivity contribution in [3.05, 3.63) is 0 Å². The first-order valence-corrected chi connectivity index (χ1v) is 6.16. The summed E-state index contributed by atoms with van der Waals surface area (Å²) in [7, 11) is 2.03. The smallest absolute Gasteiger partial charge is 0.312 e. The fourth-order valence-corrected chi connectivity index (χ4v) is 2.15. The highest BCUT2D eigenvalue weighted by Crippen LogP contribution is 2.03. The molecule has 0 atom stereocenters. The zero-order valence-electron chi connectivity index (χ0n) is 10.3. The number of carbonyl (C=O) groups excluding carboxylic acids is 2. The van der Waals surface area contributed by atoms with E-state index in [2.05, 4.69) is 10.2 Å². The van der Waals surface area contributed by atoms with E-state index >= 15 is 0 Å². The van der Waals surface area contributed by atoms with Gasteiger partial charge in [0, 0.05) is 52.4 Å². The van der Waals surface area contributed by atoms with E-state index in [9.17, 15) is 9.59 Å². The third kappa shape index (κ3) is 2.95. The molecule has 0 aromatic rings. The molecule has 2 aliphatic heterocycles. The lowest BCUT2D eigenvalue weighted by atomic mass is 10.3. The van der Waals surface area contributed by atoms with Crippen LogP contribution in [0.3, 0.4) is 0 Å². The molecule has 2 heterocycles. The first-order chi connectivity index (χ1) is 8.18. The lowest BCUT2D eigenvalue weighted by Gasteiger charge is -2.34. The lowest BCUT2D eigenvalue weighted by Crippen LogP contribution is -2.55. The molecule has 1 N–H and O–H groups in total. The Bertz CT molecular complexity index is 294. The van der Waals surface area contributed by atoms with E-state index in [1.807, 2.05) is 7.05 Å². The highest BCUT2D eigenvalue weighted by atomic mass is 16.2. The third-order valence-corrected chi connectivity index (χ3v) is 3.38. The molecule has 2 rings (SSSR count). The van der Waals surface area contributed by atoms with E-state index in [4.69, 9.17) is 0 Å². The molecule has 0 bridgehead atoms. The van der Waals surface area contributed by atoms with Gasteiger partial charge < -0.3 is 20.0 Å². The molecule has 2 fully saturated rings. The van der Waals surface area contributed by atoms with Crippen LogP contribution in [0.15, 0.2) is 0 Å². The zero-order valence-corrected chi connectivity index (χ0v) is 10.3. The van der Waals surface area contributed by atoms with Crippen molar-refractivity contribution >= 4 is 11.8 Å². The standard InChI is InChI=1S/C11H20N4O2/c1-13-6-8-15(9-7-13)11(17)10(16)14-4-2-12-3-5-14/h12H,2-9H2,1H3. The fourth-order valence-electron chi connectivity index (χ4n) is 2.15. The van der Waals surface area contributed by atoms with Crippen LogP contribution in [0.2, 0.25) is 0 Å². The number of nitrogens with one attached hydrogen (secondary N) is 1. The molecule has 0 unspecified atom stereocenters. The van der Waals surface area contributed by atoms with E-state index in [0.717, 1.165) is 26.2 Å². The number of nitrogens with zero attached hydrogens (tertiary/aromatic N) is 3. The molecule has 2 amide bonds. The van der Waals surface area contributed by atoms with Crippen LogP contribution in [0.5, 0.6) is 0 Å². The summed E-state index contributed by atoms with van der Waals surface area (Å²) in [6.07, 6.45) is 0. The maximum absolute atomic E-state index is 12.0. The molecule has 2 aliphatic rings. The van der Waals surface area contributed by atoms with Crippen LogP contribution in [-0.4, -0.2) is 85.9 Å². The van der Waals surface area contributed by atoms with E-state index in [-0.39, 0.29) is 11.8 Å². The number of hydrogen-bond donors (Lipinski definition) is 1. The van der Waals surface area contributed by atoms with Crippen LogP contribution >= 0.6 is 0 Å². The second-order valence-electron chi connectivity index (χ2n) is 4.64.